The lowest BCUT2D eigenvalue weighted by Crippen LogP contribution is -2.32. The van der Waals surface area contributed by atoms with Crippen molar-refractivity contribution in [3.63, 3.8) is 0 Å². The SMILES string of the molecule is C[C@@H](NC(=O)CCNS(=O)(=O)c1ccccc1)c1cc2ccccc2o1. The summed E-state index contributed by atoms with van der Waals surface area (Å²) in [4.78, 5) is 12.3. The molecule has 26 heavy (non-hydrogen) atoms. The highest BCUT2D eigenvalue weighted by Gasteiger charge is 2.16. The predicted molar refractivity (Wildman–Crippen MR) is 99.0 cm³/mol. The molecule has 0 bridgehead atoms. The zero-order valence-electron chi connectivity index (χ0n) is 14.3. The third kappa shape index (κ3) is 4.30. The zero-order valence-corrected chi connectivity index (χ0v) is 15.1. The fraction of sp³-hybridized carbons (Fsp3) is 0.211. The molecule has 0 aliphatic rings. The highest BCUT2D eigenvalue weighted by atomic mass is 32.2. The van der Waals surface area contributed by atoms with E-state index in [0.29, 0.717) is 5.76 Å². The van der Waals surface area contributed by atoms with Gasteiger partial charge in [-0.2, -0.15) is 0 Å². The molecular formula is C19H20N2O4S. The van der Waals surface area contributed by atoms with E-state index in [0.717, 1.165) is 11.0 Å². The third-order valence-corrected chi connectivity index (χ3v) is 5.42. The molecule has 0 unspecified atom stereocenters. The van der Waals surface area contributed by atoms with Gasteiger partial charge >= 0.3 is 0 Å². The van der Waals surface area contributed by atoms with Crippen LogP contribution in [0.5, 0.6) is 0 Å². The minimum atomic E-state index is -3.60. The van der Waals surface area contributed by atoms with Gasteiger partial charge < -0.3 is 9.73 Å². The van der Waals surface area contributed by atoms with Crippen LogP contribution in [0, 0.1) is 0 Å². The number of carbonyl (C=O) groups excluding carboxylic acids is 1. The summed E-state index contributed by atoms with van der Waals surface area (Å²) in [6, 6.07) is 17.2. The van der Waals surface area contributed by atoms with Gasteiger partial charge in [0.2, 0.25) is 15.9 Å². The number of hydrogen-bond acceptors (Lipinski definition) is 4. The average molecular weight is 372 g/mol. The highest BCUT2D eigenvalue weighted by molar-refractivity contribution is 7.89. The van der Waals surface area contributed by atoms with Gasteiger partial charge in [-0.15, -0.1) is 0 Å². The van der Waals surface area contributed by atoms with Crippen LogP contribution in [-0.2, 0) is 14.8 Å². The number of sulfonamides is 1. The molecular weight excluding hydrogens is 352 g/mol. The summed E-state index contributed by atoms with van der Waals surface area (Å²) in [7, 11) is -3.60. The second-order valence-electron chi connectivity index (χ2n) is 5.94. The van der Waals surface area contributed by atoms with E-state index in [4.69, 9.17) is 4.42 Å². The number of fused-ring (bicyclic) bond motifs is 1. The largest absolute Gasteiger partial charge is 0.459 e. The van der Waals surface area contributed by atoms with Gasteiger partial charge in [-0.1, -0.05) is 36.4 Å². The molecule has 0 spiro atoms. The summed E-state index contributed by atoms with van der Waals surface area (Å²) in [6.07, 6.45) is 0.0383. The van der Waals surface area contributed by atoms with Crippen molar-refractivity contribution in [3.05, 3.63) is 66.4 Å². The number of para-hydroxylation sites is 1. The molecule has 1 atom stereocenters. The standard InChI is InChI=1S/C19H20N2O4S/c1-14(18-13-15-7-5-6-10-17(15)25-18)21-19(22)11-12-20-26(23,24)16-8-3-2-4-9-16/h2-10,13-14,20H,11-12H2,1H3,(H,21,22)/t14-/m1/s1. The summed E-state index contributed by atoms with van der Waals surface area (Å²) in [5.74, 6) is 0.401. The summed E-state index contributed by atoms with van der Waals surface area (Å²) in [5.41, 5.74) is 0.763. The molecule has 2 N–H and O–H groups in total. The van der Waals surface area contributed by atoms with Crippen LogP contribution in [0.1, 0.15) is 25.1 Å². The quantitative estimate of drug-likeness (QED) is 0.667. The summed E-state index contributed by atoms with van der Waals surface area (Å²) in [5, 5.41) is 3.79. The summed E-state index contributed by atoms with van der Waals surface area (Å²) in [6.45, 7) is 1.85. The van der Waals surface area contributed by atoms with E-state index < -0.39 is 10.0 Å². The number of benzene rings is 2. The van der Waals surface area contributed by atoms with Crippen LogP contribution in [0.4, 0.5) is 0 Å². The van der Waals surface area contributed by atoms with E-state index in [-0.39, 0.29) is 29.8 Å². The Kier molecular flexibility index (Phi) is 5.39. The first-order valence-corrected chi connectivity index (χ1v) is 9.76. The van der Waals surface area contributed by atoms with Gasteiger partial charge in [-0.05, 0) is 31.2 Å². The van der Waals surface area contributed by atoms with Crippen LogP contribution in [0.25, 0.3) is 11.0 Å². The van der Waals surface area contributed by atoms with Crippen molar-refractivity contribution < 1.29 is 17.6 Å². The van der Waals surface area contributed by atoms with Gasteiger partial charge in [-0.3, -0.25) is 4.79 Å². The second kappa shape index (κ2) is 7.72. The molecule has 136 valence electrons. The average Bonchev–Trinajstić information content (AvgIpc) is 3.06. The van der Waals surface area contributed by atoms with Gasteiger partial charge in [0.15, 0.2) is 0 Å². The van der Waals surface area contributed by atoms with Crippen LogP contribution in [0.3, 0.4) is 0 Å². The number of nitrogens with one attached hydrogen (secondary N) is 2. The first kappa shape index (κ1) is 18.2. The van der Waals surface area contributed by atoms with Crippen molar-refractivity contribution in [1.29, 1.82) is 0 Å². The molecule has 2 aromatic carbocycles. The van der Waals surface area contributed by atoms with Crippen molar-refractivity contribution in [2.24, 2.45) is 0 Å². The Morgan fingerprint density at radius 3 is 2.50 bits per heavy atom. The van der Waals surface area contributed by atoms with E-state index in [2.05, 4.69) is 10.0 Å². The Morgan fingerprint density at radius 1 is 1.08 bits per heavy atom. The fourth-order valence-corrected chi connectivity index (χ4v) is 3.64. The lowest BCUT2D eigenvalue weighted by Gasteiger charge is -2.12. The lowest BCUT2D eigenvalue weighted by molar-refractivity contribution is -0.121. The van der Waals surface area contributed by atoms with Crippen molar-refractivity contribution in [2.45, 2.75) is 24.3 Å². The van der Waals surface area contributed by atoms with E-state index >= 15 is 0 Å². The molecule has 7 heteroatoms. The Labute approximate surface area is 152 Å². The van der Waals surface area contributed by atoms with Gasteiger partial charge in [0.1, 0.15) is 11.3 Å². The molecule has 0 saturated carbocycles. The Bertz CT molecular complexity index is 964. The minimum Gasteiger partial charge on any atom is -0.459 e. The topological polar surface area (TPSA) is 88.4 Å². The number of amides is 1. The molecule has 1 amide bonds. The molecule has 3 aromatic rings. The normalized spacial score (nSPS) is 12.8. The van der Waals surface area contributed by atoms with Gasteiger partial charge in [0, 0.05) is 18.4 Å². The molecule has 0 fully saturated rings. The minimum absolute atomic E-state index is 0.0237. The third-order valence-electron chi connectivity index (χ3n) is 3.95. The number of hydrogen-bond donors (Lipinski definition) is 2. The highest BCUT2D eigenvalue weighted by Crippen LogP contribution is 2.23. The number of rotatable bonds is 7. The zero-order chi connectivity index (χ0) is 18.6. The van der Waals surface area contributed by atoms with E-state index in [1.165, 1.54) is 12.1 Å². The van der Waals surface area contributed by atoms with Crippen molar-refractivity contribution in [1.82, 2.24) is 10.0 Å². The number of carbonyl (C=O) groups is 1. The van der Waals surface area contributed by atoms with Crippen molar-refractivity contribution in [2.75, 3.05) is 6.54 Å². The van der Waals surface area contributed by atoms with Gasteiger partial charge in [-0.25, -0.2) is 13.1 Å². The molecule has 0 aliphatic heterocycles. The molecule has 6 nitrogen and oxygen atoms in total. The smallest absolute Gasteiger partial charge is 0.240 e. The van der Waals surface area contributed by atoms with Crippen molar-refractivity contribution >= 4 is 26.9 Å². The van der Waals surface area contributed by atoms with Crippen LogP contribution in [0.2, 0.25) is 0 Å². The molecule has 3 rings (SSSR count). The maximum absolute atomic E-state index is 12.1. The maximum atomic E-state index is 12.1. The lowest BCUT2D eigenvalue weighted by atomic mass is 10.2. The second-order valence-corrected chi connectivity index (χ2v) is 7.70. The van der Waals surface area contributed by atoms with E-state index in [1.54, 1.807) is 18.2 Å². The van der Waals surface area contributed by atoms with Crippen LogP contribution >= 0.6 is 0 Å². The van der Waals surface area contributed by atoms with E-state index in [1.807, 2.05) is 37.3 Å². The van der Waals surface area contributed by atoms with Crippen LogP contribution in [-0.4, -0.2) is 20.9 Å². The molecule has 0 saturated heterocycles. The van der Waals surface area contributed by atoms with Crippen molar-refractivity contribution in [3.8, 4) is 0 Å². The fourth-order valence-electron chi connectivity index (χ4n) is 2.58. The van der Waals surface area contributed by atoms with Gasteiger partial charge in [0.25, 0.3) is 0 Å². The number of furan rings is 1. The monoisotopic (exact) mass is 372 g/mol. The van der Waals surface area contributed by atoms with Crippen LogP contribution < -0.4 is 10.0 Å². The molecule has 0 radical (unpaired) electrons. The molecule has 1 aromatic heterocycles. The first-order chi connectivity index (χ1) is 12.5. The predicted octanol–water partition coefficient (Wildman–Crippen LogP) is 2.98. The molecule has 0 aliphatic carbocycles. The Hall–Kier alpha value is -2.64. The summed E-state index contributed by atoms with van der Waals surface area (Å²) >= 11 is 0. The Balaban J connectivity index is 1.52. The Morgan fingerprint density at radius 2 is 1.77 bits per heavy atom. The van der Waals surface area contributed by atoms with Crippen LogP contribution in [0.15, 0.2) is 70.0 Å². The summed E-state index contributed by atoms with van der Waals surface area (Å²) < 4.78 is 32.3. The van der Waals surface area contributed by atoms with E-state index in [9.17, 15) is 13.2 Å². The maximum Gasteiger partial charge on any atom is 0.240 e. The van der Waals surface area contributed by atoms with Gasteiger partial charge in [0.05, 0.1) is 10.9 Å². The first-order valence-electron chi connectivity index (χ1n) is 8.28. The molecule has 1 heterocycles.